The molecule has 0 amide bonds. The van der Waals surface area contributed by atoms with Gasteiger partial charge < -0.3 is 0 Å². The summed E-state index contributed by atoms with van der Waals surface area (Å²) >= 11 is 0. The molecule has 4 bridgehead atoms. The lowest BCUT2D eigenvalue weighted by Crippen LogP contribution is -2.57. The zero-order valence-electron chi connectivity index (χ0n) is 13.9. The molecular formula is C18H22F6. The van der Waals surface area contributed by atoms with Gasteiger partial charge in [0, 0.05) is 11.8 Å². The highest BCUT2D eigenvalue weighted by molar-refractivity contribution is 5.27. The maximum absolute atomic E-state index is 13.4. The van der Waals surface area contributed by atoms with Gasteiger partial charge in [-0.1, -0.05) is 45.1 Å². The van der Waals surface area contributed by atoms with Gasteiger partial charge in [0.2, 0.25) is 0 Å². The topological polar surface area (TPSA) is 0 Å². The van der Waals surface area contributed by atoms with Crippen molar-refractivity contribution in [3.05, 3.63) is 24.3 Å². The molecule has 4 aliphatic carbocycles. The standard InChI is InChI=1S/C10H16.C8H6F6/c1-7-8-4-5-9(6-8)10(7,2)3;9-6(8(12,13)14)4-1-2-5(3-4)7(6,10)11/h4-5,7-9H,6H2,1-3H3;1-2,4-5H,3H2. The van der Waals surface area contributed by atoms with Crippen LogP contribution < -0.4 is 0 Å². The van der Waals surface area contributed by atoms with Gasteiger partial charge in [0.25, 0.3) is 11.6 Å². The third-order valence-electron chi connectivity index (χ3n) is 6.85. The van der Waals surface area contributed by atoms with Crippen molar-refractivity contribution in [3.8, 4) is 0 Å². The fraction of sp³-hybridized carbons (Fsp3) is 0.778. The highest BCUT2D eigenvalue weighted by Crippen LogP contribution is 2.63. The molecule has 6 unspecified atom stereocenters. The van der Waals surface area contributed by atoms with Crippen LogP contribution in [0.15, 0.2) is 24.3 Å². The molecule has 0 spiro atoms. The van der Waals surface area contributed by atoms with Gasteiger partial charge in [0.05, 0.1) is 0 Å². The van der Waals surface area contributed by atoms with Crippen molar-refractivity contribution in [2.75, 3.05) is 0 Å². The Morgan fingerprint density at radius 3 is 1.67 bits per heavy atom. The number of hydrogen-bond acceptors (Lipinski definition) is 0. The van der Waals surface area contributed by atoms with Crippen molar-refractivity contribution in [1.29, 1.82) is 0 Å². The van der Waals surface area contributed by atoms with Crippen molar-refractivity contribution < 1.29 is 26.3 Å². The fourth-order valence-electron chi connectivity index (χ4n) is 4.72. The van der Waals surface area contributed by atoms with Crippen LogP contribution in [0.1, 0.15) is 33.6 Å². The van der Waals surface area contributed by atoms with Crippen molar-refractivity contribution in [3.63, 3.8) is 0 Å². The first-order valence-electron chi connectivity index (χ1n) is 8.33. The lowest BCUT2D eigenvalue weighted by atomic mass is 9.72. The molecule has 2 fully saturated rings. The third kappa shape index (κ3) is 2.13. The number of halogens is 6. The Kier molecular flexibility index (Phi) is 3.75. The second-order valence-corrected chi connectivity index (χ2v) is 8.17. The average molecular weight is 352 g/mol. The van der Waals surface area contributed by atoms with E-state index in [1.54, 1.807) is 0 Å². The van der Waals surface area contributed by atoms with Gasteiger partial charge in [-0.25, -0.2) is 13.2 Å². The van der Waals surface area contributed by atoms with E-state index < -0.39 is 36.0 Å². The molecule has 0 aromatic carbocycles. The van der Waals surface area contributed by atoms with Crippen LogP contribution in [0.25, 0.3) is 0 Å². The Bertz CT molecular complexity index is 573. The average Bonchev–Trinajstić information content (AvgIpc) is 3.18. The summed E-state index contributed by atoms with van der Waals surface area (Å²) in [6.45, 7) is 7.21. The minimum atomic E-state index is -5.51. The Morgan fingerprint density at radius 2 is 1.38 bits per heavy atom. The first kappa shape index (κ1) is 17.9. The lowest BCUT2D eigenvalue weighted by molar-refractivity contribution is -0.305. The lowest BCUT2D eigenvalue weighted by Gasteiger charge is -2.35. The monoisotopic (exact) mass is 352 g/mol. The van der Waals surface area contributed by atoms with Gasteiger partial charge in [-0.3, -0.25) is 0 Å². The van der Waals surface area contributed by atoms with Crippen molar-refractivity contribution in [2.24, 2.45) is 35.0 Å². The fourth-order valence-corrected chi connectivity index (χ4v) is 4.72. The molecule has 0 N–H and O–H groups in total. The summed E-state index contributed by atoms with van der Waals surface area (Å²) in [5.74, 6) is -4.98. The largest absolute Gasteiger partial charge is 0.429 e. The number of fused-ring (bicyclic) bond motifs is 4. The van der Waals surface area contributed by atoms with Crippen LogP contribution in [0.5, 0.6) is 0 Å². The molecule has 136 valence electrons. The Morgan fingerprint density at radius 1 is 0.833 bits per heavy atom. The molecule has 0 aromatic rings. The van der Waals surface area contributed by atoms with E-state index in [1.807, 2.05) is 0 Å². The van der Waals surface area contributed by atoms with E-state index in [0.717, 1.165) is 29.9 Å². The predicted molar refractivity (Wildman–Crippen MR) is 79.3 cm³/mol. The van der Waals surface area contributed by atoms with E-state index in [2.05, 4.69) is 32.9 Å². The Labute approximate surface area is 138 Å². The van der Waals surface area contributed by atoms with E-state index in [9.17, 15) is 26.3 Å². The molecule has 0 nitrogen and oxygen atoms in total. The van der Waals surface area contributed by atoms with E-state index in [1.165, 1.54) is 6.42 Å². The zero-order chi connectivity index (χ0) is 18.1. The van der Waals surface area contributed by atoms with Gasteiger partial charge in [-0.15, -0.1) is 0 Å². The van der Waals surface area contributed by atoms with E-state index >= 15 is 0 Å². The molecular weight excluding hydrogens is 330 g/mol. The number of allylic oxidation sites excluding steroid dienone is 4. The second kappa shape index (κ2) is 5.04. The SMILES string of the molecule is CC1C2C=CC(C2)C1(C)C.FC(F)(F)C1(F)C2C=CC(C2)C1(F)F. The molecule has 2 saturated carbocycles. The summed E-state index contributed by atoms with van der Waals surface area (Å²) in [7, 11) is 0. The predicted octanol–water partition coefficient (Wildman–Crippen LogP) is 5.95. The van der Waals surface area contributed by atoms with Gasteiger partial charge in [-0.2, -0.15) is 13.2 Å². The van der Waals surface area contributed by atoms with Crippen LogP contribution >= 0.6 is 0 Å². The van der Waals surface area contributed by atoms with Crippen LogP contribution in [0, 0.1) is 35.0 Å². The minimum absolute atomic E-state index is 0.455. The Balaban J connectivity index is 0.000000149. The van der Waals surface area contributed by atoms with Crippen molar-refractivity contribution in [2.45, 2.75) is 51.4 Å². The van der Waals surface area contributed by atoms with Crippen molar-refractivity contribution in [1.82, 2.24) is 0 Å². The number of rotatable bonds is 0. The highest BCUT2D eigenvalue weighted by Gasteiger charge is 2.80. The van der Waals surface area contributed by atoms with Crippen LogP contribution in [0.3, 0.4) is 0 Å². The molecule has 0 aromatic heterocycles. The quantitative estimate of drug-likeness (QED) is 0.373. The molecule has 0 heterocycles. The van der Waals surface area contributed by atoms with Crippen LogP contribution in [0.2, 0.25) is 0 Å². The second-order valence-electron chi connectivity index (χ2n) is 8.17. The number of hydrogen-bond donors (Lipinski definition) is 0. The zero-order valence-corrected chi connectivity index (χ0v) is 13.9. The van der Waals surface area contributed by atoms with Gasteiger partial charge >= 0.3 is 6.18 Å². The Hall–Kier alpha value is -0.940. The normalized spacial score (nSPS) is 46.3. The molecule has 6 heteroatoms. The summed E-state index contributed by atoms with van der Waals surface area (Å²) in [5.41, 5.74) is -3.79. The molecule has 0 radical (unpaired) electrons. The van der Waals surface area contributed by atoms with Crippen LogP contribution in [0.4, 0.5) is 26.3 Å². The van der Waals surface area contributed by atoms with Crippen LogP contribution in [-0.2, 0) is 0 Å². The van der Waals surface area contributed by atoms with Gasteiger partial charge in [0.1, 0.15) is 0 Å². The molecule has 24 heavy (non-hydrogen) atoms. The molecule has 0 aliphatic heterocycles. The first-order valence-corrected chi connectivity index (χ1v) is 8.33. The maximum atomic E-state index is 13.4. The molecule has 6 atom stereocenters. The maximum Gasteiger partial charge on any atom is 0.429 e. The first-order chi connectivity index (χ1) is 10.8. The molecule has 4 rings (SSSR count). The highest BCUT2D eigenvalue weighted by atomic mass is 19.4. The summed E-state index contributed by atoms with van der Waals surface area (Å²) in [5, 5.41) is 0. The van der Waals surface area contributed by atoms with Gasteiger partial charge in [0.15, 0.2) is 0 Å². The van der Waals surface area contributed by atoms with Gasteiger partial charge in [-0.05, 0) is 36.0 Å². The summed E-state index contributed by atoms with van der Waals surface area (Å²) in [4.78, 5) is 0. The summed E-state index contributed by atoms with van der Waals surface area (Å²) < 4.78 is 76.1. The summed E-state index contributed by atoms with van der Waals surface area (Å²) in [6.07, 6.45) is 2.16. The van der Waals surface area contributed by atoms with Crippen LogP contribution in [-0.4, -0.2) is 17.8 Å². The van der Waals surface area contributed by atoms with Crippen molar-refractivity contribution >= 4 is 0 Å². The van der Waals surface area contributed by atoms with E-state index in [4.69, 9.17) is 0 Å². The smallest absolute Gasteiger partial charge is 0.226 e. The van der Waals surface area contributed by atoms with E-state index in [0.29, 0.717) is 5.41 Å². The summed E-state index contributed by atoms with van der Waals surface area (Å²) in [6, 6.07) is 0. The molecule has 4 aliphatic rings. The third-order valence-corrected chi connectivity index (χ3v) is 6.85. The minimum Gasteiger partial charge on any atom is -0.226 e. The number of alkyl halides is 6. The van der Waals surface area contributed by atoms with E-state index in [-0.39, 0.29) is 0 Å². The molecule has 0 saturated heterocycles.